The van der Waals surface area contributed by atoms with Crippen molar-refractivity contribution in [2.75, 3.05) is 32.7 Å². The van der Waals surface area contributed by atoms with Crippen LogP contribution < -0.4 is 5.73 Å². The Morgan fingerprint density at radius 1 is 1.35 bits per heavy atom. The second kappa shape index (κ2) is 6.17. The number of fused-ring (bicyclic) bond motifs is 1. The van der Waals surface area contributed by atoms with E-state index in [2.05, 4.69) is 23.6 Å². The third-order valence-electron chi connectivity index (χ3n) is 4.61. The molecule has 0 aromatic carbocycles. The van der Waals surface area contributed by atoms with Crippen molar-refractivity contribution in [1.29, 1.82) is 0 Å². The summed E-state index contributed by atoms with van der Waals surface area (Å²) in [7, 11) is 0. The molecular weight excluding hydrogens is 210 g/mol. The van der Waals surface area contributed by atoms with Gasteiger partial charge in [-0.15, -0.1) is 0 Å². The summed E-state index contributed by atoms with van der Waals surface area (Å²) in [5.74, 6) is 0.693. The van der Waals surface area contributed by atoms with Crippen molar-refractivity contribution >= 4 is 0 Å². The molecule has 17 heavy (non-hydrogen) atoms. The summed E-state index contributed by atoms with van der Waals surface area (Å²) < 4.78 is 0. The molecule has 3 nitrogen and oxygen atoms in total. The van der Waals surface area contributed by atoms with Crippen LogP contribution in [0.25, 0.3) is 0 Å². The molecule has 0 bridgehead atoms. The van der Waals surface area contributed by atoms with Gasteiger partial charge < -0.3 is 5.73 Å². The minimum Gasteiger partial charge on any atom is -0.330 e. The first-order valence-electron chi connectivity index (χ1n) is 7.39. The Kier molecular flexibility index (Phi) is 4.83. The van der Waals surface area contributed by atoms with Crippen molar-refractivity contribution < 1.29 is 0 Å². The summed E-state index contributed by atoms with van der Waals surface area (Å²) in [6.07, 6.45) is 5.43. The van der Waals surface area contributed by atoms with Crippen LogP contribution >= 0.6 is 0 Å². The zero-order valence-corrected chi connectivity index (χ0v) is 11.6. The van der Waals surface area contributed by atoms with E-state index < -0.39 is 0 Å². The number of hydrogen-bond donors (Lipinski definition) is 1. The number of nitrogens with zero attached hydrogens (tertiary/aromatic N) is 2. The van der Waals surface area contributed by atoms with Crippen molar-refractivity contribution in [2.24, 2.45) is 11.7 Å². The quantitative estimate of drug-likeness (QED) is 0.790. The fraction of sp³-hybridized carbons (Fsp3) is 1.00. The van der Waals surface area contributed by atoms with Crippen LogP contribution in [-0.2, 0) is 0 Å². The maximum atomic E-state index is 5.67. The standard InChI is InChI=1S/C14H29N3/c1-12(9-15)5-3-7-16-11-14-6-4-8-17(14)10-13(16)2/h12-14H,3-11,15H2,1-2H3. The van der Waals surface area contributed by atoms with Crippen molar-refractivity contribution in [3.05, 3.63) is 0 Å². The molecule has 2 saturated heterocycles. The molecule has 0 radical (unpaired) electrons. The van der Waals surface area contributed by atoms with Gasteiger partial charge in [-0.05, 0) is 58.2 Å². The van der Waals surface area contributed by atoms with E-state index in [0.29, 0.717) is 5.92 Å². The summed E-state index contributed by atoms with van der Waals surface area (Å²) in [6.45, 7) is 10.7. The molecule has 3 atom stereocenters. The van der Waals surface area contributed by atoms with Crippen LogP contribution in [0.5, 0.6) is 0 Å². The zero-order chi connectivity index (χ0) is 12.3. The minimum absolute atomic E-state index is 0.693. The maximum Gasteiger partial charge on any atom is 0.0224 e. The first kappa shape index (κ1) is 13.3. The van der Waals surface area contributed by atoms with Crippen molar-refractivity contribution in [3.8, 4) is 0 Å². The Balaban J connectivity index is 1.73. The van der Waals surface area contributed by atoms with Gasteiger partial charge in [0, 0.05) is 25.2 Å². The molecule has 100 valence electrons. The van der Waals surface area contributed by atoms with E-state index in [9.17, 15) is 0 Å². The Morgan fingerprint density at radius 3 is 2.94 bits per heavy atom. The van der Waals surface area contributed by atoms with E-state index in [1.807, 2.05) is 0 Å². The molecule has 0 spiro atoms. The molecule has 2 fully saturated rings. The van der Waals surface area contributed by atoms with Gasteiger partial charge in [0.15, 0.2) is 0 Å². The van der Waals surface area contributed by atoms with Gasteiger partial charge in [0.1, 0.15) is 0 Å². The molecule has 0 aromatic heterocycles. The summed E-state index contributed by atoms with van der Waals surface area (Å²) in [5, 5.41) is 0. The molecule has 3 unspecified atom stereocenters. The van der Waals surface area contributed by atoms with Crippen LogP contribution in [0, 0.1) is 5.92 Å². The Morgan fingerprint density at radius 2 is 2.18 bits per heavy atom. The van der Waals surface area contributed by atoms with Crippen LogP contribution in [0.3, 0.4) is 0 Å². The van der Waals surface area contributed by atoms with Gasteiger partial charge in [0.05, 0.1) is 0 Å². The van der Waals surface area contributed by atoms with Gasteiger partial charge >= 0.3 is 0 Å². The topological polar surface area (TPSA) is 32.5 Å². The molecule has 3 heteroatoms. The first-order chi connectivity index (χ1) is 8.20. The van der Waals surface area contributed by atoms with Gasteiger partial charge in [-0.2, -0.15) is 0 Å². The van der Waals surface area contributed by atoms with Gasteiger partial charge in [0.2, 0.25) is 0 Å². The second-order valence-corrected chi connectivity index (χ2v) is 6.12. The van der Waals surface area contributed by atoms with Crippen LogP contribution in [0.15, 0.2) is 0 Å². The third-order valence-corrected chi connectivity index (χ3v) is 4.61. The largest absolute Gasteiger partial charge is 0.330 e. The number of hydrogen-bond acceptors (Lipinski definition) is 3. The molecule has 2 rings (SSSR count). The van der Waals surface area contributed by atoms with Crippen molar-refractivity contribution in [2.45, 2.75) is 51.6 Å². The SMILES string of the molecule is CC(CN)CCCN1CC2CCCN2CC1C. The van der Waals surface area contributed by atoms with Gasteiger partial charge in [-0.1, -0.05) is 6.92 Å². The highest BCUT2D eigenvalue weighted by molar-refractivity contribution is 4.90. The highest BCUT2D eigenvalue weighted by atomic mass is 15.3. The van der Waals surface area contributed by atoms with E-state index in [-0.39, 0.29) is 0 Å². The van der Waals surface area contributed by atoms with Crippen molar-refractivity contribution in [3.63, 3.8) is 0 Å². The lowest BCUT2D eigenvalue weighted by atomic mass is 10.0. The molecule has 2 N–H and O–H groups in total. The molecule has 0 saturated carbocycles. The predicted octanol–water partition coefficient (Wildman–Crippen LogP) is 1.53. The maximum absolute atomic E-state index is 5.67. The monoisotopic (exact) mass is 239 g/mol. The third kappa shape index (κ3) is 3.43. The lowest BCUT2D eigenvalue weighted by molar-refractivity contribution is 0.0577. The molecule has 2 aliphatic rings. The van der Waals surface area contributed by atoms with Crippen LogP contribution in [0.1, 0.15) is 39.5 Å². The van der Waals surface area contributed by atoms with Crippen LogP contribution in [-0.4, -0.2) is 54.6 Å². The Labute approximate surface area is 106 Å². The highest BCUT2D eigenvalue weighted by Gasteiger charge is 2.33. The van der Waals surface area contributed by atoms with E-state index in [1.165, 1.54) is 51.9 Å². The number of piperazine rings is 1. The molecule has 0 amide bonds. The number of nitrogens with two attached hydrogens (primary N) is 1. The van der Waals surface area contributed by atoms with Gasteiger partial charge in [-0.25, -0.2) is 0 Å². The Bertz CT molecular complexity index is 232. The zero-order valence-electron chi connectivity index (χ0n) is 11.6. The lowest BCUT2D eigenvalue weighted by Crippen LogP contribution is -2.55. The fourth-order valence-electron chi connectivity index (χ4n) is 3.32. The summed E-state index contributed by atoms with van der Waals surface area (Å²) in [6, 6.07) is 1.61. The normalized spacial score (nSPS) is 32.6. The van der Waals surface area contributed by atoms with Crippen molar-refractivity contribution in [1.82, 2.24) is 9.80 Å². The highest BCUT2D eigenvalue weighted by Crippen LogP contribution is 2.24. The summed E-state index contributed by atoms with van der Waals surface area (Å²) in [5.41, 5.74) is 5.67. The molecule has 2 aliphatic heterocycles. The average molecular weight is 239 g/mol. The smallest absolute Gasteiger partial charge is 0.0224 e. The van der Waals surface area contributed by atoms with E-state index in [4.69, 9.17) is 5.73 Å². The van der Waals surface area contributed by atoms with E-state index in [1.54, 1.807) is 0 Å². The summed E-state index contributed by atoms with van der Waals surface area (Å²) in [4.78, 5) is 5.40. The molecule has 2 heterocycles. The molecular formula is C14H29N3. The van der Waals surface area contributed by atoms with E-state index in [0.717, 1.165) is 18.6 Å². The first-order valence-corrected chi connectivity index (χ1v) is 7.39. The lowest BCUT2D eigenvalue weighted by Gasteiger charge is -2.42. The summed E-state index contributed by atoms with van der Waals surface area (Å²) >= 11 is 0. The van der Waals surface area contributed by atoms with Gasteiger partial charge in [0.25, 0.3) is 0 Å². The Hall–Kier alpha value is -0.120. The van der Waals surface area contributed by atoms with Crippen LogP contribution in [0.2, 0.25) is 0 Å². The predicted molar refractivity (Wildman–Crippen MR) is 73.1 cm³/mol. The molecule has 0 aromatic rings. The molecule has 0 aliphatic carbocycles. The average Bonchev–Trinajstić information content (AvgIpc) is 2.76. The fourth-order valence-corrected chi connectivity index (χ4v) is 3.32. The number of rotatable bonds is 5. The second-order valence-electron chi connectivity index (χ2n) is 6.12. The van der Waals surface area contributed by atoms with E-state index >= 15 is 0 Å². The van der Waals surface area contributed by atoms with Crippen LogP contribution in [0.4, 0.5) is 0 Å². The minimum atomic E-state index is 0.693. The van der Waals surface area contributed by atoms with Gasteiger partial charge in [-0.3, -0.25) is 9.80 Å².